The Bertz CT molecular complexity index is 999. The highest BCUT2D eigenvalue weighted by atomic mass is 79.9. The average Bonchev–Trinajstić information content (AvgIpc) is 2.69. The van der Waals surface area contributed by atoms with Gasteiger partial charge in [0.15, 0.2) is 0 Å². The van der Waals surface area contributed by atoms with Crippen molar-refractivity contribution in [3.05, 3.63) is 105 Å². The summed E-state index contributed by atoms with van der Waals surface area (Å²) in [6.07, 6.45) is 0. The highest BCUT2D eigenvalue weighted by Gasteiger charge is 2.29. The van der Waals surface area contributed by atoms with Crippen LogP contribution in [0.3, 0.4) is 0 Å². The van der Waals surface area contributed by atoms with Crippen LogP contribution in [0.5, 0.6) is 0 Å². The van der Waals surface area contributed by atoms with Gasteiger partial charge in [-0.3, -0.25) is 0 Å². The van der Waals surface area contributed by atoms with Gasteiger partial charge in [-0.2, -0.15) is 0 Å². The summed E-state index contributed by atoms with van der Waals surface area (Å²) in [6.45, 7) is 0. The fraction of sp³-hybridized carbons (Fsp3) is 0.0455. The Kier molecular flexibility index (Phi) is 5.01. The molecule has 134 valence electrons. The van der Waals surface area contributed by atoms with Crippen LogP contribution < -0.4 is 10.6 Å². The fourth-order valence-corrected chi connectivity index (χ4v) is 3.63. The average molecular weight is 440 g/mol. The first-order valence-corrected chi connectivity index (χ1v) is 9.67. The summed E-state index contributed by atoms with van der Waals surface area (Å²) in [5.41, 5.74) is 4.78. The molecule has 3 aromatic rings. The maximum Gasteiger partial charge on any atom is 0.320 e. The van der Waals surface area contributed by atoms with E-state index in [0.717, 1.165) is 32.4 Å². The van der Waals surface area contributed by atoms with Crippen molar-refractivity contribution in [2.24, 2.45) is 0 Å². The largest absolute Gasteiger partial charge is 0.327 e. The fourth-order valence-electron chi connectivity index (χ4n) is 3.24. The van der Waals surface area contributed by atoms with Gasteiger partial charge in [0.2, 0.25) is 0 Å². The van der Waals surface area contributed by atoms with E-state index in [0.29, 0.717) is 5.02 Å². The van der Waals surface area contributed by atoms with Gasteiger partial charge in [0.1, 0.15) is 0 Å². The summed E-state index contributed by atoms with van der Waals surface area (Å²) in [5.74, 6) is 0. The van der Waals surface area contributed by atoms with E-state index in [9.17, 15) is 4.79 Å². The van der Waals surface area contributed by atoms with Gasteiger partial charge in [-0.1, -0.05) is 82.1 Å². The highest BCUT2D eigenvalue weighted by molar-refractivity contribution is 9.10. The number of urea groups is 1. The first-order chi connectivity index (χ1) is 13.1. The maximum absolute atomic E-state index is 12.4. The molecule has 3 nitrogen and oxygen atoms in total. The van der Waals surface area contributed by atoms with E-state index >= 15 is 0 Å². The lowest BCUT2D eigenvalue weighted by Gasteiger charge is -2.31. The molecule has 0 saturated carbocycles. The zero-order chi connectivity index (χ0) is 18.8. The van der Waals surface area contributed by atoms with Crippen molar-refractivity contribution in [3.63, 3.8) is 0 Å². The van der Waals surface area contributed by atoms with Gasteiger partial charge in [0.05, 0.1) is 11.7 Å². The summed E-state index contributed by atoms with van der Waals surface area (Å²) < 4.78 is 1.00. The van der Waals surface area contributed by atoms with Gasteiger partial charge in [-0.25, -0.2) is 4.79 Å². The van der Waals surface area contributed by atoms with E-state index in [1.165, 1.54) is 0 Å². The minimum absolute atomic E-state index is 0.227. The molecule has 0 aromatic heterocycles. The summed E-state index contributed by atoms with van der Waals surface area (Å²) in [6, 6.07) is 25.0. The quantitative estimate of drug-likeness (QED) is 0.514. The second-order valence-electron chi connectivity index (χ2n) is 6.24. The van der Waals surface area contributed by atoms with Crippen molar-refractivity contribution in [3.8, 4) is 0 Å². The molecule has 1 atom stereocenters. The topological polar surface area (TPSA) is 41.1 Å². The molecule has 1 heterocycles. The lowest BCUT2D eigenvalue weighted by molar-refractivity contribution is 0.242. The van der Waals surface area contributed by atoms with Gasteiger partial charge in [-0.05, 0) is 41.0 Å². The van der Waals surface area contributed by atoms with E-state index in [2.05, 4.69) is 26.6 Å². The Morgan fingerprint density at radius 1 is 0.815 bits per heavy atom. The van der Waals surface area contributed by atoms with E-state index in [4.69, 9.17) is 11.6 Å². The van der Waals surface area contributed by atoms with Crippen LogP contribution >= 0.6 is 27.5 Å². The summed E-state index contributed by atoms with van der Waals surface area (Å²) in [5, 5.41) is 6.71. The molecule has 5 heteroatoms. The van der Waals surface area contributed by atoms with Crippen LogP contribution in [0.15, 0.2) is 83.3 Å². The summed E-state index contributed by atoms with van der Waals surface area (Å²) in [7, 11) is 0. The standard InChI is InChI=1S/C22H16BrClN2O/c23-17-10-6-14(7-11-17)19-20(15-4-2-1-3-5-15)25-22(27)26-21(19)16-8-12-18(24)13-9-16/h1-13,21H,(H2,25,26,27). The highest BCUT2D eigenvalue weighted by Crippen LogP contribution is 2.38. The maximum atomic E-state index is 12.4. The number of carbonyl (C=O) groups excluding carboxylic acids is 1. The number of benzene rings is 3. The van der Waals surface area contributed by atoms with E-state index < -0.39 is 0 Å². The van der Waals surface area contributed by atoms with Gasteiger partial charge in [0, 0.05) is 15.1 Å². The Balaban J connectivity index is 1.94. The predicted molar refractivity (Wildman–Crippen MR) is 113 cm³/mol. The van der Waals surface area contributed by atoms with Crippen molar-refractivity contribution in [1.29, 1.82) is 0 Å². The number of halogens is 2. The van der Waals surface area contributed by atoms with Crippen molar-refractivity contribution in [2.75, 3.05) is 0 Å². The van der Waals surface area contributed by atoms with Crippen LogP contribution in [0.2, 0.25) is 5.02 Å². The Labute approximate surface area is 171 Å². The molecule has 3 aromatic carbocycles. The Hall–Kier alpha value is -2.56. The molecule has 0 bridgehead atoms. The number of rotatable bonds is 3. The molecular formula is C22H16BrClN2O. The van der Waals surface area contributed by atoms with Crippen LogP contribution in [0.4, 0.5) is 4.79 Å². The van der Waals surface area contributed by atoms with Crippen molar-refractivity contribution in [1.82, 2.24) is 10.6 Å². The number of hydrogen-bond donors (Lipinski definition) is 2. The minimum Gasteiger partial charge on any atom is -0.327 e. The molecule has 1 unspecified atom stereocenters. The molecule has 0 aliphatic carbocycles. The van der Waals surface area contributed by atoms with Gasteiger partial charge < -0.3 is 10.6 Å². The number of nitrogens with one attached hydrogen (secondary N) is 2. The molecule has 0 radical (unpaired) electrons. The van der Waals surface area contributed by atoms with E-state index in [1.807, 2.05) is 78.9 Å². The van der Waals surface area contributed by atoms with Gasteiger partial charge in [-0.15, -0.1) is 0 Å². The smallest absolute Gasteiger partial charge is 0.320 e. The third-order valence-corrected chi connectivity index (χ3v) is 5.27. The lowest BCUT2D eigenvalue weighted by atomic mass is 9.88. The van der Waals surface area contributed by atoms with Crippen LogP contribution in [-0.4, -0.2) is 6.03 Å². The number of carbonyl (C=O) groups is 1. The first-order valence-electron chi connectivity index (χ1n) is 8.50. The zero-order valence-electron chi connectivity index (χ0n) is 14.2. The zero-order valence-corrected chi connectivity index (χ0v) is 16.6. The predicted octanol–water partition coefficient (Wildman–Crippen LogP) is 6.02. The number of hydrogen-bond acceptors (Lipinski definition) is 1. The van der Waals surface area contributed by atoms with Crippen LogP contribution in [-0.2, 0) is 0 Å². The Morgan fingerprint density at radius 2 is 1.48 bits per heavy atom. The van der Waals surface area contributed by atoms with Crippen molar-refractivity contribution in [2.45, 2.75) is 6.04 Å². The monoisotopic (exact) mass is 438 g/mol. The summed E-state index contributed by atoms with van der Waals surface area (Å²) >= 11 is 9.55. The second-order valence-corrected chi connectivity index (χ2v) is 7.60. The van der Waals surface area contributed by atoms with Crippen LogP contribution in [0.25, 0.3) is 11.3 Å². The van der Waals surface area contributed by atoms with Crippen LogP contribution in [0.1, 0.15) is 22.7 Å². The van der Waals surface area contributed by atoms with Gasteiger partial charge >= 0.3 is 6.03 Å². The number of amides is 2. The SMILES string of the molecule is O=C1NC(c2ccccc2)=C(c2ccc(Br)cc2)C(c2ccc(Cl)cc2)N1. The summed E-state index contributed by atoms with van der Waals surface area (Å²) in [4.78, 5) is 12.4. The second kappa shape index (κ2) is 7.59. The van der Waals surface area contributed by atoms with E-state index in [1.54, 1.807) is 0 Å². The van der Waals surface area contributed by atoms with Crippen LogP contribution in [0, 0.1) is 0 Å². The molecule has 1 aliphatic rings. The minimum atomic E-state index is -0.285. The first kappa shape index (κ1) is 17.8. The lowest BCUT2D eigenvalue weighted by Crippen LogP contribution is -2.42. The molecule has 0 fully saturated rings. The van der Waals surface area contributed by atoms with Crippen molar-refractivity contribution >= 4 is 44.8 Å². The molecular weight excluding hydrogens is 424 g/mol. The molecule has 27 heavy (non-hydrogen) atoms. The normalized spacial score (nSPS) is 16.7. The molecule has 0 spiro atoms. The Morgan fingerprint density at radius 3 is 2.15 bits per heavy atom. The van der Waals surface area contributed by atoms with Crippen molar-refractivity contribution < 1.29 is 4.79 Å². The third-order valence-electron chi connectivity index (χ3n) is 4.49. The molecule has 2 N–H and O–H groups in total. The van der Waals surface area contributed by atoms with Gasteiger partial charge in [0.25, 0.3) is 0 Å². The molecule has 4 rings (SSSR count). The molecule has 1 aliphatic heterocycles. The molecule has 2 amide bonds. The third kappa shape index (κ3) is 3.77. The van der Waals surface area contributed by atoms with E-state index in [-0.39, 0.29) is 12.1 Å². The molecule has 0 saturated heterocycles.